The summed E-state index contributed by atoms with van der Waals surface area (Å²) in [7, 11) is -3.69. The molecule has 1 fully saturated rings. The fourth-order valence-electron chi connectivity index (χ4n) is 4.21. The minimum Gasteiger partial charge on any atom is -0.445 e. The third kappa shape index (κ3) is 5.63. The summed E-state index contributed by atoms with van der Waals surface area (Å²) in [5.74, 6) is -0.330. The lowest BCUT2D eigenvalue weighted by Crippen LogP contribution is -2.43. The van der Waals surface area contributed by atoms with Crippen molar-refractivity contribution in [3.05, 3.63) is 72.3 Å². The van der Waals surface area contributed by atoms with Gasteiger partial charge in [-0.15, -0.1) is 0 Å². The van der Waals surface area contributed by atoms with Gasteiger partial charge in [0.15, 0.2) is 0 Å². The third-order valence-corrected chi connectivity index (χ3v) is 7.49. The van der Waals surface area contributed by atoms with Gasteiger partial charge in [0.2, 0.25) is 15.9 Å². The zero-order valence-electron chi connectivity index (χ0n) is 19.6. The predicted molar refractivity (Wildman–Crippen MR) is 134 cm³/mol. The molecule has 0 saturated carbocycles. The number of fused-ring (bicyclic) bond motifs is 1. The number of rotatable bonds is 8. The predicted octanol–water partition coefficient (Wildman–Crippen LogP) is 4.27. The Morgan fingerprint density at radius 3 is 2.51 bits per heavy atom. The quantitative estimate of drug-likeness (QED) is 0.486. The Kier molecular flexibility index (Phi) is 7.67. The molecular weight excluding hydrogens is 466 g/mol. The molecule has 9 heteroatoms. The van der Waals surface area contributed by atoms with Crippen molar-refractivity contribution in [1.29, 1.82) is 0 Å². The molecule has 184 valence electrons. The van der Waals surface area contributed by atoms with Crippen molar-refractivity contribution in [1.82, 2.24) is 9.62 Å². The van der Waals surface area contributed by atoms with Crippen LogP contribution in [0, 0.1) is 0 Å². The molecule has 0 radical (unpaired) electrons. The highest BCUT2D eigenvalue weighted by atomic mass is 32.2. The van der Waals surface area contributed by atoms with Crippen molar-refractivity contribution in [2.75, 3.05) is 18.4 Å². The van der Waals surface area contributed by atoms with Gasteiger partial charge in [-0.3, -0.25) is 9.69 Å². The number of hydrogen-bond donors (Lipinski definition) is 2. The largest absolute Gasteiger partial charge is 0.445 e. The van der Waals surface area contributed by atoms with Gasteiger partial charge in [0.05, 0.1) is 4.90 Å². The molecule has 2 N–H and O–H groups in total. The number of carbonyl (C=O) groups is 2. The summed E-state index contributed by atoms with van der Waals surface area (Å²) in [6.07, 6.45) is 1.37. The Balaban J connectivity index is 1.51. The van der Waals surface area contributed by atoms with Crippen LogP contribution in [-0.4, -0.2) is 44.4 Å². The molecule has 4 rings (SSSR count). The number of carbonyl (C=O) groups excluding carboxylic acids is 2. The van der Waals surface area contributed by atoms with E-state index in [-0.39, 0.29) is 17.4 Å². The van der Waals surface area contributed by atoms with Crippen molar-refractivity contribution < 1.29 is 22.7 Å². The second kappa shape index (κ2) is 10.9. The lowest BCUT2D eigenvalue weighted by atomic mass is 10.1. The van der Waals surface area contributed by atoms with E-state index in [1.165, 1.54) is 4.90 Å². The summed E-state index contributed by atoms with van der Waals surface area (Å²) in [4.78, 5) is 27.5. The number of ether oxygens (including phenoxy) is 1. The number of hydrogen-bond acceptors (Lipinski definition) is 5. The number of nitrogens with zero attached hydrogens (tertiary/aromatic N) is 1. The summed E-state index contributed by atoms with van der Waals surface area (Å²) in [6, 6.07) is 18.8. The number of nitrogens with one attached hydrogen (secondary N) is 2. The lowest BCUT2D eigenvalue weighted by molar-refractivity contribution is -0.120. The maximum Gasteiger partial charge on any atom is 0.410 e. The molecule has 8 nitrogen and oxygen atoms in total. The highest BCUT2D eigenvalue weighted by molar-refractivity contribution is 7.89. The van der Waals surface area contributed by atoms with Gasteiger partial charge < -0.3 is 10.1 Å². The average Bonchev–Trinajstić information content (AvgIpc) is 3.37. The van der Waals surface area contributed by atoms with Gasteiger partial charge in [-0.1, -0.05) is 61.5 Å². The zero-order chi connectivity index (χ0) is 24.8. The summed E-state index contributed by atoms with van der Waals surface area (Å²) < 4.78 is 33.6. The SMILES string of the molecule is CCCNS(=O)(=O)c1cccc2c(NC(=O)[C@H]3CCCN3C(=O)OCc3ccccc3)cccc12. The molecule has 35 heavy (non-hydrogen) atoms. The van der Waals surface area contributed by atoms with Crippen molar-refractivity contribution in [3.63, 3.8) is 0 Å². The van der Waals surface area contributed by atoms with Crippen LogP contribution in [-0.2, 0) is 26.2 Å². The highest BCUT2D eigenvalue weighted by Gasteiger charge is 2.35. The van der Waals surface area contributed by atoms with E-state index in [1.54, 1.807) is 36.4 Å². The van der Waals surface area contributed by atoms with Gasteiger partial charge >= 0.3 is 6.09 Å². The first kappa shape index (κ1) is 24.7. The first-order chi connectivity index (χ1) is 16.9. The van der Waals surface area contributed by atoms with E-state index in [0.717, 1.165) is 5.56 Å². The zero-order valence-corrected chi connectivity index (χ0v) is 20.4. The van der Waals surface area contributed by atoms with Crippen LogP contribution in [0.1, 0.15) is 31.7 Å². The molecule has 0 aromatic heterocycles. The van der Waals surface area contributed by atoms with Crippen LogP contribution in [0.5, 0.6) is 0 Å². The smallest absolute Gasteiger partial charge is 0.410 e. The van der Waals surface area contributed by atoms with Gasteiger partial charge in [0.1, 0.15) is 12.6 Å². The molecule has 1 heterocycles. The Labute approximate surface area is 205 Å². The van der Waals surface area contributed by atoms with E-state index >= 15 is 0 Å². The fourth-order valence-corrected chi connectivity index (χ4v) is 5.57. The van der Waals surface area contributed by atoms with Crippen LogP contribution in [0.25, 0.3) is 10.8 Å². The van der Waals surface area contributed by atoms with Gasteiger partial charge in [0, 0.05) is 29.5 Å². The Morgan fingerprint density at radius 1 is 1.00 bits per heavy atom. The third-order valence-electron chi connectivity index (χ3n) is 5.97. The van der Waals surface area contributed by atoms with E-state index < -0.39 is 22.2 Å². The fraction of sp³-hybridized carbons (Fsp3) is 0.308. The van der Waals surface area contributed by atoms with E-state index in [2.05, 4.69) is 10.0 Å². The van der Waals surface area contributed by atoms with Gasteiger partial charge in [-0.25, -0.2) is 17.9 Å². The van der Waals surface area contributed by atoms with Gasteiger partial charge in [-0.05, 0) is 37.0 Å². The summed E-state index contributed by atoms with van der Waals surface area (Å²) in [5.41, 5.74) is 1.36. The topological polar surface area (TPSA) is 105 Å². The molecule has 3 aromatic rings. The Morgan fingerprint density at radius 2 is 1.74 bits per heavy atom. The molecule has 0 unspecified atom stereocenters. The second-order valence-electron chi connectivity index (χ2n) is 8.44. The molecule has 0 aliphatic carbocycles. The first-order valence-corrected chi connectivity index (χ1v) is 13.2. The van der Waals surface area contributed by atoms with Gasteiger partial charge in [0.25, 0.3) is 0 Å². The molecular formula is C26H29N3O5S. The van der Waals surface area contributed by atoms with Crippen LogP contribution in [0.2, 0.25) is 0 Å². The molecule has 1 saturated heterocycles. The second-order valence-corrected chi connectivity index (χ2v) is 10.2. The average molecular weight is 496 g/mol. The number of amides is 2. The van der Waals surface area contributed by atoms with Crippen LogP contribution >= 0.6 is 0 Å². The molecule has 2 amide bonds. The monoisotopic (exact) mass is 495 g/mol. The van der Waals surface area contributed by atoms with E-state index in [9.17, 15) is 18.0 Å². The van der Waals surface area contributed by atoms with Crippen molar-refractivity contribution in [3.8, 4) is 0 Å². The molecule has 0 bridgehead atoms. The summed E-state index contributed by atoms with van der Waals surface area (Å²) in [5, 5.41) is 4.02. The lowest BCUT2D eigenvalue weighted by Gasteiger charge is -2.23. The molecule has 3 aromatic carbocycles. The highest BCUT2D eigenvalue weighted by Crippen LogP contribution is 2.30. The minimum absolute atomic E-state index is 0.136. The number of likely N-dealkylation sites (tertiary alicyclic amines) is 1. The van der Waals surface area contributed by atoms with Crippen LogP contribution < -0.4 is 10.0 Å². The van der Waals surface area contributed by atoms with Gasteiger partial charge in [-0.2, -0.15) is 0 Å². The number of sulfonamides is 1. The van der Waals surface area contributed by atoms with Crippen molar-refractivity contribution in [2.24, 2.45) is 0 Å². The Bertz CT molecular complexity index is 1310. The van der Waals surface area contributed by atoms with Crippen molar-refractivity contribution in [2.45, 2.75) is 43.7 Å². The minimum atomic E-state index is -3.69. The van der Waals surface area contributed by atoms with Crippen molar-refractivity contribution >= 4 is 38.5 Å². The normalized spacial score (nSPS) is 15.8. The Hall–Kier alpha value is -3.43. The number of benzene rings is 3. The molecule has 1 aliphatic rings. The first-order valence-electron chi connectivity index (χ1n) is 11.7. The van der Waals surface area contributed by atoms with Crippen LogP contribution in [0.4, 0.5) is 10.5 Å². The maximum absolute atomic E-state index is 13.2. The maximum atomic E-state index is 13.2. The van der Waals surface area contributed by atoms with Crippen LogP contribution in [0.3, 0.4) is 0 Å². The van der Waals surface area contributed by atoms with E-state index in [1.807, 2.05) is 37.3 Å². The molecule has 0 spiro atoms. The molecule has 1 aliphatic heterocycles. The summed E-state index contributed by atoms with van der Waals surface area (Å²) in [6.45, 7) is 2.81. The standard InChI is InChI=1S/C26H29N3O5S/c1-2-16-27-35(32,33)24-15-7-11-20-21(24)12-6-13-22(20)28-25(30)23-14-8-17-29(23)26(31)34-18-19-9-4-3-5-10-19/h3-7,9-13,15,23,27H,2,8,14,16-18H2,1H3,(H,28,30)/t23-/m1/s1. The summed E-state index contributed by atoms with van der Waals surface area (Å²) >= 11 is 0. The van der Waals surface area contributed by atoms with E-state index in [4.69, 9.17) is 4.74 Å². The van der Waals surface area contributed by atoms with Crippen LogP contribution in [0.15, 0.2) is 71.6 Å². The molecule has 1 atom stereocenters. The van der Waals surface area contributed by atoms with E-state index in [0.29, 0.717) is 48.8 Å². The number of anilines is 1.